The smallest absolute Gasteiger partial charge is 0.326 e. The maximum absolute atomic E-state index is 12.6. The predicted octanol–water partition coefficient (Wildman–Crippen LogP) is 1.88. The Kier molecular flexibility index (Phi) is 4.39. The van der Waals surface area contributed by atoms with Crippen LogP contribution in [0.4, 0.5) is 5.69 Å². The average molecular weight is 381 g/mol. The Balaban J connectivity index is 1.76. The van der Waals surface area contributed by atoms with E-state index in [1.54, 1.807) is 4.90 Å². The molecule has 122 valence electrons. The number of benzene rings is 1. The standard InChI is InChI=1S/C16H17BrN2O4/c17-10-3-1-4-11(9-10)18-8-6-12(14(18)20)15(21)19-7-2-5-13(19)16(22)23/h1,3-4,9,12-13H,2,5-8H2,(H,22,23)/t12-,13+/m0/s1. The summed E-state index contributed by atoms with van der Waals surface area (Å²) in [6.45, 7) is 0.883. The topological polar surface area (TPSA) is 77.9 Å². The van der Waals surface area contributed by atoms with Crippen molar-refractivity contribution >= 4 is 39.4 Å². The molecule has 0 spiro atoms. The second-order valence-corrected chi connectivity index (χ2v) is 6.75. The van der Waals surface area contributed by atoms with E-state index in [9.17, 15) is 19.5 Å². The van der Waals surface area contributed by atoms with E-state index in [-0.39, 0.29) is 11.8 Å². The quantitative estimate of drug-likeness (QED) is 0.812. The van der Waals surface area contributed by atoms with Gasteiger partial charge < -0.3 is 14.9 Å². The molecule has 23 heavy (non-hydrogen) atoms. The average Bonchev–Trinajstić information content (AvgIpc) is 3.13. The van der Waals surface area contributed by atoms with Gasteiger partial charge in [-0.25, -0.2) is 4.79 Å². The van der Waals surface area contributed by atoms with Crippen LogP contribution in [0, 0.1) is 5.92 Å². The first kappa shape index (κ1) is 16.0. The van der Waals surface area contributed by atoms with Crippen molar-refractivity contribution in [2.45, 2.75) is 25.3 Å². The summed E-state index contributed by atoms with van der Waals surface area (Å²) in [6.07, 6.45) is 1.54. The third-order valence-corrected chi connectivity index (χ3v) is 4.94. The van der Waals surface area contributed by atoms with Gasteiger partial charge in [-0.2, -0.15) is 0 Å². The van der Waals surface area contributed by atoms with Crippen molar-refractivity contribution in [2.75, 3.05) is 18.0 Å². The molecule has 1 N–H and O–H groups in total. The van der Waals surface area contributed by atoms with Crippen molar-refractivity contribution < 1.29 is 19.5 Å². The molecule has 0 radical (unpaired) electrons. The molecule has 0 unspecified atom stereocenters. The highest BCUT2D eigenvalue weighted by molar-refractivity contribution is 9.10. The molecule has 7 heteroatoms. The van der Waals surface area contributed by atoms with E-state index in [1.165, 1.54) is 4.90 Å². The molecule has 0 aromatic heterocycles. The van der Waals surface area contributed by atoms with Gasteiger partial charge in [0.1, 0.15) is 12.0 Å². The summed E-state index contributed by atoms with van der Waals surface area (Å²) < 4.78 is 0.864. The molecule has 0 aliphatic carbocycles. The lowest BCUT2D eigenvalue weighted by atomic mass is 10.1. The monoisotopic (exact) mass is 380 g/mol. The Bertz CT molecular complexity index is 663. The second-order valence-electron chi connectivity index (χ2n) is 5.84. The summed E-state index contributed by atoms with van der Waals surface area (Å²) in [5.74, 6) is -2.36. The maximum Gasteiger partial charge on any atom is 0.326 e. The van der Waals surface area contributed by atoms with Crippen molar-refractivity contribution in [2.24, 2.45) is 5.92 Å². The molecule has 2 aliphatic heterocycles. The lowest BCUT2D eigenvalue weighted by Gasteiger charge is -2.24. The number of anilines is 1. The highest BCUT2D eigenvalue weighted by Gasteiger charge is 2.44. The molecule has 1 aromatic rings. The number of rotatable bonds is 3. The van der Waals surface area contributed by atoms with Gasteiger partial charge in [0.05, 0.1) is 0 Å². The number of aliphatic carboxylic acids is 1. The molecule has 6 nitrogen and oxygen atoms in total. The van der Waals surface area contributed by atoms with Gasteiger partial charge in [-0.1, -0.05) is 22.0 Å². The Labute approximate surface area is 142 Å². The van der Waals surface area contributed by atoms with Crippen molar-refractivity contribution in [1.29, 1.82) is 0 Å². The van der Waals surface area contributed by atoms with Gasteiger partial charge in [-0.3, -0.25) is 9.59 Å². The van der Waals surface area contributed by atoms with Crippen LogP contribution in [-0.4, -0.2) is 46.9 Å². The molecule has 2 saturated heterocycles. The molecular weight excluding hydrogens is 364 g/mol. The van der Waals surface area contributed by atoms with Crippen LogP contribution >= 0.6 is 15.9 Å². The number of hydrogen-bond acceptors (Lipinski definition) is 3. The second kappa shape index (κ2) is 6.31. The molecule has 3 rings (SSSR count). The van der Waals surface area contributed by atoms with E-state index in [4.69, 9.17) is 0 Å². The van der Waals surface area contributed by atoms with Gasteiger partial charge in [0.2, 0.25) is 11.8 Å². The molecule has 2 heterocycles. The highest BCUT2D eigenvalue weighted by atomic mass is 79.9. The SMILES string of the molecule is O=C(O)[C@H]1CCCN1C(=O)[C@H]1CCN(c2cccc(Br)c2)C1=O. The van der Waals surface area contributed by atoms with Crippen LogP contribution in [0.5, 0.6) is 0 Å². The molecule has 2 aliphatic rings. The zero-order valence-electron chi connectivity index (χ0n) is 12.4. The molecular formula is C16H17BrN2O4. The number of amides is 2. The van der Waals surface area contributed by atoms with E-state index >= 15 is 0 Å². The summed E-state index contributed by atoms with van der Waals surface area (Å²) in [6, 6.07) is 6.57. The largest absolute Gasteiger partial charge is 0.480 e. The van der Waals surface area contributed by atoms with E-state index in [0.717, 1.165) is 10.2 Å². The van der Waals surface area contributed by atoms with Gasteiger partial charge in [0.25, 0.3) is 0 Å². The fourth-order valence-electron chi connectivity index (χ4n) is 3.30. The Morgan fingerprint density at radius 3 is 2.70 bits per heavy atom. The number of hydrogen-bond donors (Lipinski definition) is 1. The number of carbonyl (C=O) groups excluding carboxylic acids is 2. The molecule has 2 amide bonds. The minimum absolute atomic E-state index is 0.246. The number of likely N-dealkylation sites (tertiary alicyclic amines) is 1. The molecule has 1 aromatic carbocycles. The van der Waals surface area contributed by atoms with E-state index in [2.05, 4.69) is 15.9 Å². The van der Waals surface area contributed by atoms with Gasteiger partial charge in [0, 0.05) is 23.2 Å². The highest BCUT2D eigenvalue weighted by Crippen LogP contribution is 2.30. The lowest BCUT2D eigenvalue weighted by Crippen LogP contribution is -2.45. The summed E-state index contributed by atoms with van der Waals surface area (Å²) in [5.41, 5.74) is 0.746. The van der Waals surface area contributed by atoms with Gasteiger partial charge in [0.15, 0.2) is 0 Å². The fraction of sp³-hybridized carbons (Fsp3) is 0.438. The third-order valence-electron chi connectivity index (χ3n) is 4.44. The van der Waals surface area contributed by atoms with Gasteiger partial charge in [-0.15, -0.1) is 0 Å². The first-order chi connectivity index (χ1) is 11.0. The number of halogens is 1. The van der Waals surface area contributed by atoms with Crippen LogP contribution < -0.4 is 4.90 Å². The van der Waals surface area contributed by atoms with Gasteiger partial charge in [-0.05, 0) is 37.5 Å². The van der Waals surface area contributed by atoms with Crippen LogP contribution in [-0.2, 0) is 14.4 Å². The van der Waals surface area contributed by atoms with Crippen molar-refractivity contribution in [3.8, 4) is 0 Å². The molecule has 2 fully saturated rings. The van der Waals surface area contributed by atoms with Crippen LogP contribution in [0.2, 0.25) is 0 Å². The first-order valence-electron chi connectivity index (χ1n) is 7.59. The molecule has 0 saturated carbocycles. The van der Waals surface area contributed by atoms with E-state index < -0.39 is 17.9 Å². The van der Waals surface area contributed by atoms with Crippen LogP contribution in [0.15, 0.2) is 28.7 Å². The number of nitrogens with zero attached hydrogens (tertiary/aromatic N) is 2. The summed E-state index contributed by atoms with van der Waals surface area (Å²) in [5, 5.41) is 9.21. The Morgan fingerprint density at radius 1 is 1.22 bits per heavy atom. The maximum atomic E-state index is 12.6. The van der Waals surface area contributed by atoms with Crippen molar-refractivity contribution in [1.82, 2.24) is 4.90 Å². The van der Waals surface area contributed by atoms with Crippen LogP contribution in [0.1, 0.15) is 19.3 Å². The first-order valence-corrected chi connectivity index (χ1v) is 8.38. The zero-order chi connectivity index (χ0) is 16.6. The number of carbonyl (C=O) groups is 3. The minimum Gasteiger partial charge on any atom is -0.480 e. The Morgan fingerprint density at radius 2 is 2.00 bits per heavy atom. The van der Waals surface area contributed by atoms with Crippen LogP contribution in [0.25, 0.3) is 0 Å². The van der Waals surface area contributed by atoms with E-state index in [1.807, 2.05) is 24.3 Å². The summed E-state index contributed by atoms with van der Waals surface area (Å²) in [4.78, 5) is 39.4. The minimum atomic E-state index is -0.995. The summed E-state index contributed by atoms with van der Waals surface area (Å²) >= 11 is 3.37. The normalized spacial score (nSPS) is 24.3. The lowest BCUT2D eigenvalue weighted by molar-refractivity contribution is -0.151. The third kappa shape index (κ3) is 2.97. The zero-order valence-corrected chi connectivity index (χ0v) is 14.0. The van der Waals surface area contributed by atoms with E-state index in [0.29, 0.717) is 32.4 Å². The molecule has 0 bridgehead atoms. The predicted molar refractivity (Wildman–Crippen MR) is 87.0 cm³/mol. The van der Waals surface area contributed by atoms with Crippen molar-refractivity contribution in [3.63, 3.8) is 0 Å². The summed E-state index contributed by atoms with van der Waals surface area (Å²) in [7, 11) is 0. The van der Waals surface area contributed by atoms with Crippen LogP contribution in [0.3, 0.4) is 0 Å². The number of carboxylic acid groups (broad SMARTS) is 1. The fourth-order valence-corrected chi connectivity index (χ4v) is 3.68. The number of carboxylic acids is 1. The van der Waals surface area contributed by atoms with Crippen molar-refractivity contribution in [3.05, 3.63) is 28.7 Å². The van der Waals surface area contributed by atoms with Gasteiger partial charge >= 0.3 is 5.97 Å². The molecule has 2 atom stereocenters. The Hall–Kier alpha value is -1.89.